The summed E-state index contributed by atoms with van der Waals surface area (Å²) in [6, 6.07) is 35.4. The number of thioether (sulfide) groups is 1. The van der Waals surface area contributed by atoms with Crippen molar-refractivity contribution >= 4 is 34.6 Å². The Morgan fingerprint density at radius 1 is 0.789 bits per heavy atom. The highest BCUT2D eigenvalue weighted by atomic mass is 32.2. The summed E-state index contributed by atoms with van der Waals surface area (Å²) in [5, 5.41) is 0.657. The van der Waals surface area contributed by atoms with Gasteiger partial charge in [-0.05, 0) is 65.7 Å². The third-order valence-electron chi connectivity index (χ3n) is 5.86. The number of amidine groups is 1. The maximum absolute atomic E-state index is 13.6. The molecule has 5 rings (SSSR count). The second-order valence-corrected chi connectivity index (χ2v) is 9.64. The fraction of sp³-hybridized carbons (Fsp3) is 0.125. The van der Waals surface area contributed by atoms with Crippen LogP contribution in [0.3, 0.4) is 0 Å². The molecule has 1 aliphatic rings. The number of amides is 1. The molecule has 0 radical (unpaired) electrons. The van der Waals surface area contributed by atoms with E-state index in [4.69, 9.17) is 14.5 Å². The van der Waals surface area contributed by atoms with E-state index in [0.717, 1.165) is 22.4 Å². The van der Waals surface area contributed by atoms with Crippen molar-refractivity contribution in [2.45, 2.75) is 20.1 Å². The van der Waals surface area contributed by atoms with Crippen LogP contribution in [-0.2, 0) is 17.9 Å². The average molecular weight is 521 g/mol. The Bertz CT molecular complexity index is 1440. The summed E-state index contributed by atoms with van der Waals surface area (Å²) >= 11 is 1.38. The SMILES string of the molecule is CCOc1cc(/C=C2/SC(=Nc3ccccc3)N(Cc3ccccc3)C2=O)ccc1OCc1ccccc1. The van der Waals surface area contributed by atoms with Gasteiger partial charge in [0, 0.05) is 0 Å². The highest BCUT2D eigenvalue weighted by Crippen LogP contribution is 2.37. The van der Waals surface area contributed by atoms with Crippen LogP contribution in [0.5, 0.6) is 11.5 Å². The number of nitrogens with zero attached hydrogens (tertiary/aromatic N) is 2. The molecule has 4 aromatic carbocycles. The van der Waals surface area contributed by atoms with Gasteiger partial charge >= 0.3 is 0 Å². The van der Waals surface area contributed by atoms with Gasteiger partial charge in [0.15, 0.2) is 16.7 Å². The number of carbonyl (C=O) groups is 1. The molecule has 0 bridgehead atoms. The number of benzene rings is 4. The molecule has 0 aliphatic carbocycles. The van der Waals surface area contributed by atoms with Crippen LogP contribution in [0.1, 0.15) is 23.6 Å². The maximum atomic E-state index is 13.6. The van der Waals surface area contributed by atoms with Gasteiger partial charge in [0.2, 0.25) is 0 Å². The minimum absolute atomic E-state index is 0.0732. The molecular formula is C32H28N2O3S. The van der Waals surface area contributed by atoms with Gasteiger partial charge in [-0.1, -0.05) is 84.9 Å². The predicted molar refractivity (Wildman–Crippen MR) is 154 cm³/mol. The van der Waals surface area contributed by atoms with E-state index >= 15 is 0 Å². The third-order valence-corrected chi connectivity index (χ3v) is 6.86. The lowest BCUT2D eigenvalue weighted by Crippen LogP contribution is -2.28. The highest BCUT2D eigenvalue weighted by molar-refractivity contribution is 8.18. The highest BCUT2D eigenvalue weighted by Gasteiger charge is 2.33. The zero-order valence-corrected chi connectivity index (χ0v) is 21.9. The Hall–Kier alpha value is -4.29. The quantitative estimate of drug-likeness (QED) is 0.215. The van der Waals surface area contributed by atoms with Crippen molar-refractivity contribution in [1.82, 2.24) is 4.90 Å². The average Bonchev–Trinajstić information content (AvgIpc) is 3.23. The van der Waals surface area contributed by atoms with Crippen molar-refractivity contribution in [3.63, 3.8) is 0 Å². The second-order valence-electron chi connectivity index (χ2n) is 8.63. The van der Waals surface area contributed by atoms with Crippen molar-refractivity contribution in [2.75, 3.05) is 6.61 Å². The van der Waals surface area contributed by atoms with E-state index < -0.39 is 0 Å². The zero-order valence-electron chi connectivity index (χ0n) is 21.1. The molecule has 190 valence electrons. The molecule has 38 heavy (non-hydrogen) atoms. The number of para-hydroxylation sites is 1. The Labute approximate surface area is 227 Å². The summed E-state index contributed by atoms with van der Waals surface area (Å²) in [6.07, 6.45) is 1.89. The standard InChI is InChI=1S/C32H28N2O3S/c1-2-36-29-20-26(18-19-28(29)37-23-25-14-8-4-9-15-25)21-30-31(35)34(22-24-12-6-3-7-13-24)32(38-30)33-27-16-10-5-11-17-27/h3-21H,2,22-23H2,1H3/b30-21+,33-32?. The topological polar surface area (TPSA) is 51.1 Å². The van der Waals surface area contributed by atoms with E-state index in [1.807, 2.05) is 122 Å². The van der Waals surface area contributed by atoms with E-state index in [2.05, 4.69) is 0 Å². The Kier molecular flexibility index (Phi) is 8.21. The molecule has 1 amide bonds. The molecule has 0 N–H and O–H groups in total. The summed E-state index contributed by atoms with van der Waals surface area (Å²) in [5.41, 5.74) is 3.79. The van der Waals surface area contributed by atoms with Gasteiger partial charge in [-0.2, -0.15) is 0 Å². The fourth-order valence-corrected chi connectivity index (χ4v) is 5.00. The van der Waals surface area contributed by atoms with Crippen LogP contribution in [0.2, 0.25) is 0 Å². The van der Waals surface area contributed by atoms with E-state index in [0.29, 0.717) is 41.3 Å². The number of hydrogen-bond donors (Lipinski definition) is 0. The normalized spacial score (nSPS) is 15.3. The Morgan fingerprint density at radius 3 is 2.13 bits per heavy atom. The van der Waals surface area contributed by atoms with Gasteiger partial charge < -0.3 is 9.47 Å². The van der Waals surface area contributed by atoms with Crippen LogP contribution in [-0.4, -0.2) is 22.6 Å². The van der Waals surface area contributed by atoms with Gasteiger partial charge in [0.05, 0.1) is 23.7 Å². The molecule has 6 heteroatoms. The lowest BCUT2D eigenvalue weighted by Gasteiger charge is -2.15. The Morgan fingerprint density at radius 2 is 1.45 bits per heavy atom. The zero-order chi connectivity index (χ0) is 26.2. The lowest BCUT2D eigenvalue weighted by molar-refractivity contribution is -0.122. The summed E-state index contributed by atoms with van der Waals surface area (Å²) in [4.78, 5) is 20.7. The molecule has 0 spiro atoms. The molecule has 1 aliphatic heterocycles. The number of aliphatic imine (C=N–C) groups is 1. The minimum Gasteiger partial charge on any atom is -0.490 e. The van der Waals surface area contributed by atoms with Crippen LogP contribution in [0, 0.1) is 0 Å². The van der Waals surface area contributed by atoms with Crippen LogP contribution in [0.4, 0.5) is 5.69 Å². The fourth-order valence-electron chi connectivity index (χ4n) is 4.00. The summed E-state index contributed by atoms with van der Waals surface area (Å²) in [7, 11) is 0. The van der Waals surface area contributed by atoms with Crippen molar-refractivity contribution in [1.29, 1.82) is 0 Å². The van der Waals surface area contributed by atoms with Crippen molar-refractivity contribution in [2.24, 2.45) is 4.99 Å². The first-order valence-electron chi connectivity index (χ1n) is 12.5. The van der Waals surface area contributed by atoms with E-state index in [9.17, 15) is 4.79 Å². The second kappa shape index (κ2) is 12.3. The Balaban J connectivity index is 1.42. The van der Waals surface area contributed by atoms with Crippen molar-refractivity contribution in [3.8, 4) is 11.5 Å². The minimum atomic E-state index is -0.0732. The van der Waals surface area contributed by atoms with Crippen molar-refractivity contribution in [3.05, 3.63) is 131 Å². The largest absolute Gasteiger partial charge is 0.490 e. The number of hydrogen-bond acceptors (Lipinski definition) is 5. The van der Waals surface area contributed by atoms with Gasteiger partial charge in [0.25, 0.3) is 5.91 Å². The van der Waals surface area contributed by atoms with Crippen LogP contribution in [0.25, 0.3) is 6.08 Å². The third kappa shape index (κ3) is 6.33. The smallest absolute Gasteiger partial charge is 0.267 e. The number of ether oxygens (including phenoxy) is 2. The summed E-state index contributed by atoms with van der Waals surface area (Å²) in [5.74, 6) is 1.24. The molecule has 0 atom stereocenters. The van der Waals surface area contributed by atoms with Gasteiger partial charge in [-0.25, -0.2) is 4.99 Å². The van der Waals surface area contributed by atoms with Crippen LogP contribution < -0.4 is 9.47 Å². The van der Waals surface area contributed by atoms with Crippen LogP contribution >= 0.6 is 11.8 Å². The molecule has 1 fully saturated rings. The summed E-state index contributed by atoms with van der Waals surface area (Å²) in [6.45, 7) is 3.35. The van der Waals surface area contributed by atoms with Gasteiger partial charge in [-0.15, -0.1) is 0 Å². The molecule has 5 nitrogen and oxygen atoms in total. The van der Waals surface area contributed by atoms with E-state index in [1.54, 1.807) is 4.90 Å². The first kappa shape index (κ1) is 25.4. The molecule has 1 heterocycles. The van der Waals surface area contributed by atoms with Gasteiger partial charge in [-0.3, -0.25) is 9.69 Å². The monoisotopic (exact) mass is 520 g/mol. The lowest BCUT2D eigenvalue weighted by atomic mass is 10.1. The molecule has 4 aromatic rings. The number of carbonyl (C=O) groups excluding carboxylic acids is 1. The molecule has 1 saturated heterocycles. The van der Waals surface area contributed by atoms with Gasteiger partial charge in [0.1, 0.15) is 6.61 Å². The molecular weight excluding hydrogens is 492 g/mol. The van der Waals surface area contributed by atoms with E-state index in [-0.39, 0.29) is 5.91 Å². The van der Waals surface area contributed by atoms with Crippen molar-refractivity contribution < 1.29 is 14.3 Å². The molecule has 0 unspecified atom stereocenters. The maximum Gasteiger partial charge on any atom is 0.267 e. The van der Waals surface area contributed by atoms with E-state index in [1.165, 1.54) is 11.8 Å². The predicted octanol–water partition coefficient (Wildman–Crippen LogP) is 7.47. The van der Waals surface area contributed by atoms with Crippen LogP contribution in [0.15, 0.2) is 119 Å². The number of rotatable bonds is 9. The summed E-state index contributed by atoms with van der Waals surface area (Å²) < 4.78 is 11.9. The molecule has 0 aromatic heterocycles. The first-order chi connectivity index (χ1) is 18.7. The first-order valence-corrected chi connectivity index (χ1v) is 13.3. The molecule has 0 saturated carbocycles.